The number of amides is 1. The van der Waals surface area contributed by atoms with Crippen LogP contribution in [0.1, 0.15) is 11.1 Å². The molecule has 0 bridgehead atoms. The van der Waals surface area contributed by atoms with Crippen LogP contribution in [0.2, 0.25) is 0 Å². The molecule has 1 aromatic carbocycles. The Balaban J connectivity index is 2.20. The summed E-state index contributed by atoms with van der Waals surface area (Å²) in [5, 5.41) is 2.36. The van der Waals surface area contributed by atoms with Gasteiger partial charge in [-0.05, 0) is 17.2 Å². The van der Waals surface area contributed by atoms with Crippen LogP contribution in [-0.4, -0.2) is 12.5 Å². The summed E-state index contributed by atoms with van der Waals surface area (Å²) in [7, 11) is 0. The van der Waals surface area contributed by atoms with Crippen LogP contribution in [0.25, 0.3) is 0 Å². The van der Waals surface area contributed by atoms with Crippen molar-refractivity contribution in [3.8, 4) is 5.75 Å². The molecule has 0 N–H and O–H groups in total. The molecule has 2 rings (SSSR count). The topological polar surface area (TPSA) is 55.7 Å². The summed E-state index contributed by atoms with van der Waals surface area (Å²) in [5.41, 5.74) is 1.92. The van der Waals surface area contributed by atoms with E-state index in [0.717, 1.165) is 23.3 Å². The molecule has 0 aliphatic carbocycles. The molecule has 0 radical (unpaired) electrons. The highest BCUT2D eigenvalue weighted by molar-refractivity contribution is 5.79. The second-order valence-electron chi connectivity index (χ2n) is 3.20. The zero-order chi connectivity index (χ0) is 9.97. The Kier molecular flexibility index (Phi) is 2.26. The number of hydrogen-bond acceptors (Lipinski definition) is 3. The molecule has 1 aliphatic rings. The first-order chi connectivity index (χ1) is 6.79. The monoisotopic (exact) mass is 191 g/mol. The van der Waals surface area contributed by atoms with Gasteiger partial charge >= 0.3 is 0 Å². The number of rotatable bonds is 2. The Labute approximate surface area is 80.9 Å². The Hall–Kier alpha value is -1.71. The summed E-state index contributed by atoms with van der Waals surface area (Å²) in [4.78, 5) is 20.7. The Morgan fingerprint density at radius 2 is 2.36 bits per heavy atom. The van der Waals surface area contributed by atoms with Gasteiger partial charge in [-0.25, -0.2) is 0 Å². The molecule has 1 aliphatic heterocycles. The normalized spacial score (nSPS) is 13.1. The van der Waals surface area contributed by atoms with E-state index in [1.54, 1.807) is 6.07 Å². The number of ether oxygens (including phenoxy) is 1. The van der Waals surface area contributed by atoms with Gasteiger partial charge in [-0.15, -0.1) is 4.91 Å². The molecular formula is C10H9NO3. The predicted molar refractivity (Wildman–Crippen MR) is 50.1 cm³/mol. The van der Waals surface area contributed by atoms with Gasteiger partial charge in [-0.3, -0.25) is 4.79 Å². The minimum Gasteiger partial charge on any atom is -0.493 e. The third kappa shape index (κ3) is 1.64. The largest absolute Gasteiger partial charge is 0.493 e. The summed E-state index contributed by atoms with van der Waals surface area (Å²) in [6.07, 6.45) is 0.947. The van der Waals surface area contributed by atoms with E-state index in [9.17, 15) is 9.70 Å². The first-order valence-electron chi connectivity index (χ1n) is 4.40. The highest BCUT2D eigenvalue weighted by atomic mass is 16.5. The molecule has 1 aromatic rings. The van der Waals surface area contributed by atoms with Crippen LogP contribution in [0, 0.1) is 4.91 Å². The number of hydrogen-bond donors (Lipinski definition) is 0. The van der Waals surface area contributed by atoms with Gasteiger partial charge in [-0.1, -0.05) is 12.1 Å². The third-order valence-corrected chi connectivity index (χ3v) is 2.21. The summed E-state index contributed by atoms with van der Waals surface area (Å²) in [6.45, 7) is 0.693. The van der Waals surface area contributed by atoms with Crippen molar-refractivity contribution >= 4 is 5.91 Å². The number of nitrogens with zero attached hydrogens (tertiary/aromatic N) is 1. The number of nitroso groups, excluding NO2 is 1. The third-order valence-electron chi connectivity index (χ3n) is 2.21. The smallest absolute Gasteiger partial charge is 0.290 e. The number of fused-ring (bicyclic) bond motifs is 1. The number of carbonyl (C=O) groups excluding carboxylic acids is 1. The average molecular weight is 191 g/mol. The van der Waals surface area contributed by atoms with E-state index in [1.165, 1.54) is 0 Å². The molecule has 0 saturated heterocycles. The van der Waals surface area contributed by atoms with Gasteiger partial charge in [0.05, 0.1) is 13.0 Å². The Morgan fingerprint density at radius 3 is 3.14 bits per heavy atom. The summed E-state index contributed by atoms with van der Waals surface area (Å²) >= 11 is 0. The number of benzene rings is 1. The second-order valence-corrected chi connectivity index (χ2v) is 3.20. The first kappa shape index (κ1) is 8.87. The maximum Gasteiger partial charge on any atom is 0.290 e. The average Bonchev–Trinajstić information content (AvgIpc) is 2.64. The predicted octanol–water partition coefficient (Wildman–Crippen LogP) is 1.46. The van der Waals surface area contributed by atoms with E-state index < -0.39 is 5.91 Å². The summed E-state index contributed by atoms with van der Waals surface area (Å²) in [6, 6.07) is 5.51. The first-order valence-corrected chi connectivity index (χ1v) is 4.40. The molecule has 0 aromatic heterocycles. The molecule has 0 unspecified atom stereocenters. The zero-order valence-corrected chi connectivity index (χ0v) is 7.53. The van der Waals surface area contributed by atoms with E-state index in [0.29, 0.717) is 6.61 Å². The number of carbonyl (C=O) groups is 1. The lowest BCUT2D eigenvalue weighted by atomic mass is 10.1. The molecule has 0 fully saturated rings. The second kappa shape index (κ2) is 3.57. The lowest BCUT2D eigenvalue weighted by Gasteiger charge is -2.00. The van der Waals surface area contributed by atoms with Crippen molar-refractivity contribution in [3.63, 3.8) is 0 Å². The van der Waals surface area contributed by atoms with Gasteiger partial charge in [0, 0.05) is 11.6 Å². The van der Waals surface area contributed by atoms with Crippen LogP contribution in [0.3, 0.4) is 0 Å². The molecule has 0 atom stereocenters. The zero-order valence-electron chi connectivity index (χ0n) is 7.53. The Morgan fingerprint density at radius 1 is 1.50 bits per heavy atom. The maximum absolute atomic E-state index is 10.8. The minimum absolute atomic E-state index is 0.0801. The van der Waals surface area contributed by atoms with Crippen molar-refractivity contribution in [2.24, 2.45) is 5.18 Å². The molecule has 4 heteroatoms. The van der Waals surface area contributed by atoms with Gasteiger partial charge in [0.2, 0.25) is 0 Å². The molecule has 4 nitrogen and oxygen atoms in total. The van der Waals surface area contributed by atoms with E-state index in [1.807, 2.05) is 12.1 Å². The van der Waals surface area contributed by atoms with Crippen LogP contribution < -0.4 is 4.74 Å². The fourth-order valence-electron chi connectivity index (χ4n) is 1.56. The van der Waals surface area contributed by atoms with Crippen molar-refractivity contribution in [3.05, 3.63) is 34.2 Å². The van der Waals surface area contributed by atoms with Crippen LogP contribution in [0.4, 0.5) is 0 Å². The lowest BCUT2D eigenvalue weighted by Crippen LogP contribution is -1.97. The lowest BCUT2D eigenvalue weighted by molar-refractivity contribution is -0.117. The van der Waals surface area contributed by atoms with Gasteiger partial charge in [0.15, 0.2) is 0 Å². The van der Waals surface area contributed by atoms with E-state index >= 15 is 0 Å². The van der Waals surface area contributed by atoms with Crippen molar-refractivity contribution < 1.29 is 9.53 Å². The van der Waals surface area contributed by atoms with Crippen molar-refractivity contribution in [1.29, 1.82) is 0 Å². The maximum atomic E-state index is 10.8. The highest BCUT2D eigenvalue weighted by Gasteiger charge is 2.13. The summed E-state index contributed by atoms with van der Waals surface area (Å²) in [5.74, 6) is 0.240. The van der Waals surface area contributed by atoms with E-state index in [4.69, 9.17) is 4.74 Å². The molecule has 0 spiro atoms. The summed E-state index contributed by atoms with van der Waals surface area (Å²) < 4.78 is 5.31. The molecule has 0 saturated carbocycles. The van der Waals surface area contributed by atoms with Gasteiger partial charge < -0.3 is 4.74 Å². The van der Waals surface area contributed by atoms with Gasteiger partial charge in [0.1, 0.15) is 5.75 Å². The molecule has 72 valence electrons. The molecular weight excluding hydrogens is 182 g/mol. The van der Waals surface area contributed by atoms with Gasteiger partial charge in [0.25, 0.3) is 5.91 Å². The fraction of sp³-hybridized carbons (Fsp3) is 0.300. The standard InChI is InChI=1S/C10H9NO3/c12-10(11-13)6-7-1-2-9-8(5-7)3-4-14-9/h1-2,5H,3-4,6H2. The van der Waals surface area contributed by atoms with Crippen LogP contribution in [0.5, 0.6) is 5.75 Å². The van der Waals surface area contributed by atoms with Gasteiger partial charge in [-0.2, -0.15) is 0 Å². The van der Waals surface area contributed by atoms with Crippen molar-refractivity contribution in [2.75, 3.05) is 6.61 Å². The van der Waals surface area contributed by atoms with E-state index in [2.05, 4.69) is 5.18 Å². The fourth-order valence-corrected chi connectivity index (χ4v) is 1.56. The van der Waals surface area contributed by atoms with E-state index in [-0.39, 0.29) is 6.42 Å². The SMILES string of the molecule is O=NC(=O)Cc1ccc2c(c1)CCO2. The molecule has 1 heterocycles. The Bertz CT molecular complexity index is 387. The van der Waals surface area contributed by atoms with Crippen molar-refractivity contribution in [2.45, 2.75) is 12.8 Å². The quantitative estimate of drug-likeness (QED) is 0.665. The van der Waals surface area contributed by atoms with Crippen LogP contribution >= 0.6 is 0 Å². The molecule has 1 amide bonds. The molecule has 14 heavy (non-hydrogen) atoms. The van der Waals surface area contributed by atoms with Crippen LogP contribution in [-0.2, 0) is 17.6 Å². The van der Waals surface area contributed by atoms with Crippen molar-refractivity contribution in [1.82, 2.24) is 0 Å². The highest BCUT2D eigenvalue weighted by Crippen LogP contribution is 2.25. The van der Waals surface area contributed by atoms with Crippen LogP contribution in [0.15, 0.2) is 23.4 Å². The minimum atomic E-state index is -0.635.